The number of imidazole rings is 1. The number of benzene rings is 1. The van der Waals surface area contributed by atoms with Crippen molar-refractivity contribution in [2.24, 2.45) is 17.6 Å². The second-order valence-corrected chi connectivity index (χ2v) is 8.94. The second kappa shape index (κ2) is 7.26. The van der Waals surface area contributed by atoms with Crippen LogP contribution in [0.4, 0.5) is 0 Å². The van der Waals surface area contributed by atoms with Crippen molar-refractivity contribution < 1.29 is 4.79 Å². The lowest BCUT2D eigenvalue weighted by atomic mass is 9.98. The Bertz CT molecular complexity index is 966. The van der Waals surface area contributed by atoms with Crippen molar-refractivity contribution in [3.63, 3.8) is 0 Å². The number of aromatic nitrogens is 2. The molecule has 2 aliphatic rings. The highest BCUT2D eigenvalue weighted by atomic mass is 32.2. The third-order valence-electron chi connectivity index (χ3n) is 6.10. The number of nitrogens with two attached hydrogens (primary N) is 1. The molecule has 3 atom stereocenters. The quantitative estimate of drug-likeness (QED) is 0.691. The third-order valence-corrected chi connectivity index (χ3v) is 7.15. The Morgan fingerprint density at radius 3 is 2.79 bits per heavy atom. The number of hydrogen-bond acceptors (Lipinski definition) is 4. The van der Waals surface area contributed by atoms with E-state index in [1.54, 1.807) is 11.8 Å². The molecule has 5 nitrogen and oxygen atoms in total. The maximum absolute atomic E-state index is 12.8. The van der Waals surface area contributed by atoms with E-state index in [4.69, 9.17) is 5.73 Å². The lowest BCUT2D eigenvalue weighted by Gasteiger charge is -2.19. The molecular weight excluding hydrogens is 368 g/mol. The largest absolute Gasteiger partial charge is 0.338 e. The number of amides is 1. The molecule has 28 heavy (non-hydrogen) atoms. The molecule has 6 heteroatoms. The van der Waals surface area contributed by atoms with Crippen LogP contribution < -0.4 is 5.73 Å². The summed E-state index contributed by atoms with van der Waals surface area (Å²) in [5.74, 6) is 2.03. The van der Waals surface area contributed by atoms with Crippen molar-refractivity contribution in [3.8, 4) is 0 Å². The zero-order valence-electron chi connectivity index (χ0n) is 15.7. The maximum Gasteiger partial charge on any atom is 0.253 e. The summed E-state index contributed by atoms with van der Waals surface area (Å²) in [4.78, 5) is 20.6. The molecule has 2 fully saturated rings. The van der Waals surface area contributed by atoms with Crippen molar-refractivity contribution in [1.29, 1.82) is 0 Å². The van der Waals surface area contributed by atoms with Crippen LogP contribution in [0.25, 0.3) is 5.65 Å². The molecule has 0 spiro atoms. The van der Waals surface area contributed by atoms with Gasteiger partial charge in [0.15, 0.2) is 0 Å². The van der Waals surface area contributed by atoms with Crippen LogP contribution >= 0.6 is 11.8 Å². The predicted octanol–water partition coefficient (Wildman–Crippen LogP) is 3.44. The number of thioether (sulfide) groups is 1. The van der Waals surface area contributed by atoms with E-state index in [0.717, 1.165) is 53.5 Å². The molecule has 2 aromatic heterocycles. The average Bonchev–Trinajstić information content (AvgIpc) is 3.41. The van der Waals surface area contributed by atoms with E-state index in [9.17, 15) is 4.79 Å². The molecule has 3 aromatic rings. The first kappa shape index (κ1) is 17.8. The average molecular weight is 393 g/mol. The normalized spacial score (nSPS) is 24.0. The smallest absolute Gasteiger partial charge is 0.253 e. The number of fused-ring (bicyclic) bond motifs is 2. The Morgan fingerprint density at radius 2 is 2.00 bits per heavy atom. The van der Waals surface area contributed by atoms with Crippen LogP contribution in [0.5, 0.6) is 0 Å². The first-order chi connectivity index (χ1) is 13.7. The summed E-state index contributed by atoms with van der Waals surface area (Å²) in [6, 6.07) is 14.2. The summed E-state index contributed by atoms with van der Waals surface area (Å²) >= 11 is 1.74. The van der Waals surface area contributed by atoms with E-state index in [0.29, 0.717) is 11.8 Å². The zero-order valence-corrected chi connectivity index (χ0v) is 16.5. The van der Waals surface area contributed by atoms with Gasteiger partial charge in [0.25, 0.3) is 5.91 Å². The van der Waals surface area contributed by atoms with Gasteiger partial charge in [0.2, 0.25) is 0 Å². The molecule has 5 rings (SSSR count). The highest BCUT2D eigenvalue weighted by molar-refractivity contribution is 7.98. The molecule has 1 amide bonds. The van der Waals surface area contributed by atoms with Crippen molar-refractivity contribution in [2.45, 2.75) is 29.5 Å². The minimum Gasteiger partial charge on any atom is -0.338 e. The Balaban J connectivity index is 1.21. The molecule has 1 aliphatic carbocycles. The van der Waals surface area contributed by atoms with Crippen LogP contribution in [-0.4, -0.2) is 39.3 Å². The minimum atomic E-state index is 0.138. The topological polar surface area (TPSA) is 63.6 Å². The third kappa shape index (κ3) is 3.31. The molecule has 1 aromatic carbocycles. The number of pyridine rings is 1. The number of likely N-dealkylation sites (tertiary alicyclic amines) is 1. The second-order valence-electron chi connectivity index (χ2n) is 7.89. The van der Waals surface area contributed by atoms with E-state index in [-0.39, 0.29) is 11.9 Å². The van der Waals surface area contributed by atoms with Gasteiger partial charge in [0, 0.05) is 47.7 Å². The maximum atomic E-state index is 12.8. The van der Waals surface area contributed by atoms with Crippen LogP contribution in [0.15, 0.2) is 59.8 Å². The highest BCUT2D eigenvalue weighted by Crippen LogP contribution is 2.37. The first-order valence-corrected chi connectivity index (χ1v) is 10.9. The van der Waals surface area contributed by atoms with Gasteiger partial charge in [-0.25, -0.2) is 4.98 Å². The summed E-state index contributed by atoms with van der Waals surface area (Å²) in [6.45, 7) is 1.68. The number of carbonyl (C=O) groups is 1. The summed E-state index contributed by atoms with van der Waals surface area (Å²) in [5, 5.41) is 0. The summed E-state index contributed by atoms with van der Waals surface area (Å²) in [7, 11) is 0. The van der Waals surface area contributed by atoms with E-state index < -0.39 is 0 Å². The van der Waals surface area contributed by atoms with Crippen molar-refractivity contribution in [2.75, 3.05) is 13.1 Å². The number of nitrogens with zero attached hydrogens (tertiary/aromatic N) is 3. The van der Waals surface area contributed by atoms with Gasteiger partial charge < -0.3 is 15.0 Å². The van der Waals surface area contributed by atoms with Crippen LogP contribution in [0, 0.1) is 11.8 Å². The number of hydrogen-bond donors (Lipinski definition) is 1. The van der Waals surface area contributed by atoms with Gasteiger partial charge in [-0.3, -0.25) is 4.79 Å². The fourth-order valence-electron chi connectivity index (χ4n) is 4.56. The van der Waals surface area contributed by atoms with E-state index in [1.807, 2.05) is 58.0 Å². The first-order valence-electron chi connectivity index (χ1n) is 9.88. The van der Waals surface area contributed by atoms with Crippen LogP contribution in [0.1, 0.15) is 28.9 Å². The molecule has 0 radical (unpaired) electrons. The predicted molar refractivity (Wildman–Crippen MR) is 111 cm³/mol. The van der Waals surface area contributed by atoms with Crippen molar-refractivity contribution in [1.82, 2.24) is 14.3 Å². The fourth-order valence-corrected chi connectivity index (χ4v) is 5.35. The van der Waals surface area contributed by atoms with Crippen LogP contribution in [-0.2, 0) is 5.75 Å². The monoisotopic (exact) mass is 392 g/mol. The van der Waals surface area contributed by atoms with Gasteiger partial charge in [-0.1, -0.05) is 6.07 Å². The highest BCUT2D eigenvalue weighted by Gasteiger charge is 2.42. The molecule has 3 unspecified atom stereocenters. The van der Waals surface area contributed by atoms with Gasteiger partial charge in [-0.15, -0.1) is 11.8 Å². The van der Waals surface area contributed by atoms with Gasteiger partial charge in [-0.2, -0.15) is 0 Å². The van der Waals surface area contributed by atoms with Gasteiger partial charge >= 0.3 is 0 Å². The molecule has 0 bridgehead atoms. The SMILES string of the molecule is NC1CCC2CN(C(=O)c3ccc(SCc4cn5ccccc5n4)cc3)CC12. The minimum absolute atomic E-state index is 0.138. The Hall–Kier alpha value is -2.31. The fraction of sp³-hybridized carbons (Fsp3) is 0.364. The van der Waals surface area contributed by atoms with Gasteiger partial charge in [0.1, 0.15) is 5.65 Å². The van der Waals surface area contributed by atoms with E-state index in [1.165, 1.54) is 0 Å². The number of rotatable bonds is 4. The molecule has 1 saturated heterocycles. The van der Waals surface area contributed by atoms with Gasteiger partial charge in [-0.05, 0) is 61.1 Å². The Labute approximate surface area is 168 Å². The van der Waals surface area contributed by atoms with Crippen LogP contribution in [0.2, 0.25) is 0 Å². The summed E-state index contributed by atoms with van der Waals surface area (Å²) in [6.07, 6.45) is 6.34. The summed E-state index contributed by atoms with van der Waals surface area (Å²) < 4.78 is 2.04. The van der Waals surface area contributed by atoms with Crippen molar-refractivity contribution in [3.05, 3.63) is 66.1 Å². The summed E-state index contributed by atoms with van der Waals surface area (Å²) in [5.41, 5.74) is 8.99. The molecule has 3 heterocycles. The Kier molecular flexibility index (Phi) is 4.61. The molecule has 2 N–H and O–H groups in total. The Morgan fingerprint density at radius 1 is 1.14 bits per heavy atom. The van der Waals surface area contributed by atoms with Crippen molar-refractivity contribution >= 4 is 23.3 Å². The van der Waals surface area contributed by atoms with Gasteiger partial charge in [0.05, 0.1) is 5.69 Å². The number of carbonyl (C=O) groups excluding carboxylic acids is 1. The van der Waals surface area contributed by atoms with Crippen LogP contribution in [0.3, 0.4) is 0 Å². The molecule has 1 saturated carbocycles. The molecule has 1 aliphatic heterocycles. The molecule has 144 valence electrons. The lowest BCUT2D eigenvalue weighted by Crippen LogP contribution is -2.33. The van der Waals surface area contributed by atoms with E-state index in [2.05, 4.69) is 11.2 Å². The van der Waals surface area contributed by atoms with E-state index >= 15 is 0 Å². The zero-order chi connectivity index (χ0) is 19.1. The lowest BCUT2D eigenvalue weighted by molar-refractivity contribution is 0.0779. The standard InChI is InChI=1S/C22H24N4OS/c23-20-9-6-16-11-26(13-19(16)20)22(27)15-4-7-18(8-5-15)28-14-17-12-25-10-2-1-3-21(25)24-17/h1-5,7-8,10,12,16,19-20H,6,9,11,13-14,23H2. The molecular formula is C22H24N4OS.